The van der Waals surface area contributed by atoms with Crippen molar-refractivity contribution in [1.82, 2.24) is 15.1 Å². The van der Waals surface area contributed by atoms with Gasteiger partial charge in [0.1, 0.15) is 0 Å². The highest BCUT2D eigenvalue weighted by atomic mass is 35.5. The van der Waals surface area contributed by atoms with E-state index in [1.165, 1.54) is 0 Å². The largest absolute Gasteiger partial charge is 0.348 e. The SMILES string of the molecule is Cc1ccccc1CNC(=O)c1cnn(-c2ccc(Cl)cc2)c1. The normalized spacial score (nSPS) is 10.5. The molecule has 0 aliphatic carbocycles. The molecule has 4 nitrogen and oxygen atoms in total. The van der Waals surface area contributed by atoms with Crippen molar-refractivity contribution in [2.45, 2.75) is 13.5 Å². The summed E-state index contributed by atoms with van der Waals surface area (Å²) in [5.74, 6) is -0.145. The number of carbonyl (C=O) groups excluding carboxylic acids is 1. The van der Waals surface area contributed by atoms with Crippen molar-refractivity contribution in [3.8, 4) is 5.69 Å². The Morgan fingerprint density at radius 2 is 1.91 bits per heavy atom. The highest BCUT2D eigenvalue weighted by Crippen LogP contribution is 2.13. The summed E-state index contributed by atoms with van der Waals surface area (Å²) in [4.78, 5) is 12.2. The molecule has 0 unspecified atom stereocenters. The minimum atomic E-state index is -0.145. The predicted octanol–water partition coefficient (Wildman–Crippen LogP) is 3.76. The second-order valence-electron chi connectivity index (χ2n) is 5.26. The van der Waals surface area contributed by atoms with E-state index in [0.717, 1.165) is 16.8 Å². The van der Waals surface area contributed by atoms with E-state index in [1.54, 1.807) is 29.2 Å². The van der Waals surface area contributed by atoms with Gasteiger partial charge < -0.3 is 5.32 Å². The molecule has 0 saturated carbocycles. The first-order valence-electron chi connectivity index (χ1n) is 7.27. The molecule has 1 heterocycles. The lowest BCUT2D eigenvalue weighted by Gasteiger charge is -2.06. The first kappa shape index (κ1) is 15.3. The lowest BCUT2D eigenvalue weighted by atomic mass is 10.1. The molecular formula is C18H16ClN3O. The van der Waals surface area contributed by atoms with E-state index in [0.29, 0.717) is 17.1 Å². The number of carbonyl (C=O) groups is 1. The fraction of sp³-hybridized carbons (Fsp3) is 0.111. The quantitative estimate of drug-likeness (QED) is 0.793. The van der Waals surface area contributed by atoms with Gasteiger partial charge in [0, 0.05) is 17.8 Å². The molecule has 1 amide bonds. The van der Waals surface area contributed by atoms with Gasteiger partial charge in [0.15, 0.2) is 0 Å². The lowest BCUT2D eigenvalue weighted by molar-refractivity contribution is 0.0951. The summed E-state index contributed by atoms with van der Waals surface area (Å²) in [5.41, 5.74) is 3.64. The second-order valence-corrected chi connectivity index (χ2v) is 5.70. The van der Waals surface area contributed by atoms with Crippen LogP contribution in [0.5, 0.6) is 0 Å². The van der Waals surface area contributed by atoms with Gasteiger partial charge in [-0.05, 0) is 42.3 Å². The number of aromatic nitrogens is 2. The summed E-state index contributed by atoms with van der Waals surface area (Å²) in [6.07, 6.45) is 3.26. The van der Waals surface area contributed by atoms with Gasteiger partial charge in [0.25, 0.3) is 5.91 Å². The number of nitrogens with zero attached hydrogens (tertiary/aromatic N) is 2. The second kappa shape index (κ2) is 6.67. The summed E-state index contributed by atoms with van der Waals surface area (Å²) < 4.78 is 1.65. The van der Waals surface area contributed by atoms with Crippen molar-refractivity contribution >= 4 is 17.5 Å². The third-order valence-corrected chi connectivity index (χ3v) is 3.89. The molecule has 5 heteroatoms. The lowest BCUT2D eigenvalue weighted by Crippen LogP contribution is -2.22. The van der Waals surface area contributed by atoms with Gasteiger partial charge in [-0.1, -0.05) is 35.9 Å². The fourth-order valence-corrected chi connectivity index (χ4v) is 2.39. The number of rotatable bonds is 4. The fourth-order valence-electron chi connectivity index (χ4n) is 2.26. The third-order valence-electron chi connectivity index (χ3n) is 3.64. The average molecular weight is 326 g/mol. The van der Waals surface area contributed by atoms with Crippen molar-refractivity contribution < 1.29 is 4.79 Å². The number of benzene rings is 2. The molecule has 1 N–H and O–H groups in total. The van der Waals surface area contributed by atoms with Crippen LogP contribution in [0.3, 0.4) is 0 Å². The van der Waals surface area contributed by atoms with E-state index < -0.39 is 0 Å². The molecule has 0 aliphatic rings. The molecule has 3 aromatic rings. The molecule has 116 valence electrons. The molecule has 0 saturated heterocycles. The maximum atomic E-state index is 12.2. The smallest absolute Gasteiger partial charge is 0.254 e. The predicted molar refractivity (Wildman–Crippen MR) is 90.9 cm³/mol. The van der Waals surface area contributed by atoms with Crippen LogP contribution in [0.1, 0.15) is 21.5 Å². The molecule has 0 radical (unpaired) electrons. The Hall–Kier alpha value is -2.59. The summed E-state index contributed by atoms with van der Waals surface area (Å²) >= 11 is 5.87. The molecule has 0 spiro atoms. The zero-order chi connectivity index (χ0) is 16.2. The van der Waals surface area contributed by atoms with Crippen molar-refractivity contribution in [2.75, 3.05) is 0 Å². The topological polar surface area (TPSA) is 46.9 Å². The van der Waals surface area contributed by atoms with Gasteiger partial charge in [-0.3, -0.25) is 4.79 Å². The molecule has 0 fully saturated rings. The van der Waals surface area contributed by atoms with Crippen LogP contribution < -0.4 is 5.32 Å². The molecular weight excluding hydrogens is 310 g/mol. The summed E-state index contributed by atoms with van der Waals surface area (Å²) in [7, 11) is 0. The number of hydrogen-bond donors (Lipinski definition) is 1. The highest BCUT2D eigenvalue weighted by molar-refractivity contribution is 6.30. The Morgan fingerprint density at radius 3 is 2.65 bits per heavy atom. The number of halogens is 1. The molecule has 0 atom stereocenters. The first-order valence-corrected chi connectivity index (χ1v) is 7.64. The van der Waals surface area contributed by atoms with Crippen LogP contribution in [0, 0.1) is 6.92 Å². The van der Waals surface area contributed by atoms with Gasteiger partial charge >= 0.3 is 0 Å². The van der Waals surface area contributed by atoms with Gasteiger partial charge in [-0.25, -0.2) is 4.68 Å². The van der Waals surface area contributed by atoms with Crippen LogP contribution in [0.15, 0.2) is 60.9 Å². The van der Waals surface area contributed by atoms with Gasteiger partial charge in [0.05, 0.1) is 17.4 Å². The Kier molecular flexibility index (Phi) is 4.44. The van der Waals surface area contributed by atoms with E-state index in [1.807, 2.05) is 43.3 Å². The molecule has 1 aromatic heterocycles. The van der Waals surface area contributed by atoms with Crippen molar-refractivity contribution in [3.05, 3.63) is 82.6 Å². The number of aryl methyl sites for hydroxylation is 1. The molecule has 2 aromatic carbocycles. The number of nitrogens with one attached hydrogen (secondary N) is 1. The van der Waals surface area contributed by atoms with Crippen LogP contribution in [-0.4, -0.2) is 15.7 Å². The van der Waals surface area contributed by atoms with Gasteiger partial charge in [-0.15, -0.1) is 0 Å². The zero-order valence-electron chi connectivity index (χ0n) is 12.7. The third kappa shape index (κ3) is 3.60. The standard InChI is InChI=1S/C18H16ClN3O/c1-13-4-2-3-5-14(13)10-20-18(23)15-11-21-22(12-15)17-8-6-16(19)7-9-17/h2-9,11-12H,10H2,1H3,(H,20,23). The number of hydrogen-bond acceptors (Lipinski definition) is 2. The van der Waals surface area contributed by atoms with Crippen LogP contribution >= 0.6 is 11.6 Å². The van der Waals surface area contributed by atoms with Crippen molar-refractivity contribution in [1.29, 1.82) is 0 Å². The van der Waals surface area contributed by atoms with Gasteiger partial charge in [-0.2, -0.15) is 5.10 Å². The monoisotopic (exact) mass is 325 g/mol. The van der Waals surface area contributed by atoms with Crippen molar-refractivity contribution in [2.24, 2.45) is 0 Å². The highest BCUT2D eigenvalue weighted by Gasteiger charge is 2.09. The Labute approximate surface area is 139 Å². The Bertz CT molecular complexity index is 824. The molecule has 3 rings (SSSR count). The van der Waals surface area contributed by atoms with Crippen molar-refractivity contribution in [3.63, 3.8) is 0 Å². The van der Waals surface area contributed by atoms with E-state index in [4.69, 9.17) is 11.6 Å². The van der Waals surface area contributed by atoms with Crippen LogP contribution in [0.4, 0.5) is 0 Å². The van der Waals surface area contributed by atoms with Crippen LogP contribution in [0.25, 0.3) is 5.69 Å². The minimum Gasteiger partial charge on any atom is -0.348 e. The summed E-state index contributed by atoms with van der Waals surface area (Å²) in [6.45, 7) is 2.53. The minimum absolute atomic E-state index is 0.145. The molecule has 0 bridgehead atoms. The summed E-state index contributed by atoms with van der Waals surface area (Å²) in [6, 6.07) is 15.3. The molecule has 23 heavy (non-hydrogen) atoms. The Morgan fingerprint density at radius 1 is 1.17 bits per heavy atom. The number of amides is 1. The maximum absolute atomic E-state index is 12.2. The molecule has 0 aliphatic heterocycles. The maximum Gasteiger partial charge on any atom is 0.254 e. The first-order chi connectivity index (χ1) is 11.1. The van der Waals surface area contributed by atoms with Gasteiger partial charge in [0.2, 0.25) is 0 Å². The van der Waals surface area contributed by atoms with Crippen LogP contribution in [0.2, 0.25) is 5.02 Å². The van der Waals surface area contributed by atoms with E-state index >= 15 is 0 Å². The average Bonchev–Trinajstić information content (AvgIpc) is 3.04. The Balaban J connectivity index is 1.69. The van der Waals surface area contributed by atoms with E-state index in [9.17, 15) is 4.79 Å². The van der Waals surface area contributed by atoms with E-state index in [-0.39, 0.29) is 5.91 Å². The zero-order valence-corrected chi connectivity index (χ0v) is 13.4. The summed E-state index contributed by atoms with van der Waals surface area (Å²) in [5, 5.41) is 7.80. The van der Waals surface area contributed by atoms with Crippen LogP contribution in [-0.2, 0) is 6.54 Å². The van der Waals surface area contributed by atoms with E-state index in [2.05, 4.69) is 10.4 Å².